The van der Waals surface area contributed by atoms with Crippen LogP contribution >= 0.6 is 0 Å². The lowest BCUT2D eigenvalue weighted by Crippen LogP contribution is -2.09. The number of aromatic amines is 1. The van der Waals surface area contributed by atoms with Crippen LogP contribution in [0.15, 0.2) is 33.6 Å². The van der Waals surface area contributed by atoms with Crippen LogP contribution in [-0.2, 0) is 13.0 Å². The number of pyridine rings is 1. The summed E-state index contributed by atoms with van der Waals surface area (Å²) in [7, 11) is 0. The lowest BCUT2D eigenvalue weighted by molar-refractivity contribution is 0.285. The fourth-order valence-electron chi connectivity index (χ4n) is 4.26. The first-order chi connectivity index (χ1) is 14.5. The minimum Gasteiger partial charge on any atom is -0.506 e. The Kier molecular flexibility index (Phi) is 5.88. The van der Waals surface area contributed by atoms with Crippen molar-refractivity contribution in [2.45, 2.75) is 64.9 Å². The van der Waals surface area contributed by atoms with Crippen molar-refractivity contribution < 1.29 is 14.4 Å². The van der Waals surface area contributed by atoms with E-state index in [1.165, 1.54) is 24.8 Å². The summed E-state index contributed by atoms with van der Waals surface area (Å²) in [4.78, 5) is 18.3. The second kappa shape index (κ2) is 8.73. The quantitative estimate of drug-likeness (QED) is 0.629. The molecule has 4 rings (SSSR count). The second-order valence-electron chi connectivity index (χ2n) is 8.08. The van der Waals surface area contributed by atoms with Gasteiger partial charge in [0.15, 0.2) is 5.82 Å². The van der Waals surface area contributed by atoms with E-state index in [0.29, 0.717) is 29.7 Å². The highest BCUT2D eigenvalue weighted by molar-refractivity contribution is 5.43. The van der Waals surface area contributed by atoms with Crippen molar-refractivity contribution in [3.05, 3.63) is 68.7 Å². The van der Waals surface area contributed by atoms with E-state index in [1.54, 1.807) is 6.07 Å². The number of aromatic nitrogens is 3. The lowest BCUT2D eigenvalue weighted by Gasteiger charge is -2.22. The molecule has 2 heterocycles. The first-order valence-electron chi connectivity index (χ1n) is 10.5. The number of nitrogens with one attached hydrogen (secondary N) is 1. The number of H-pyrrole nitrogens is 1. The third kappa shape index (κ3) is 4.56. The van der Waals surface area contributed by atoms with Crippen LogP contribution in [0, 0.1) is 13.8 Å². The first kappa shape index (κ1) is 20.2. The maximum Gasteiger partial charge on any atom is 0.439 e. The zero-order valence-electron chi connectivity index (χ0n) is 17.4. The average molecular weight is 409 g/mol. The van der Waals surface area contributed by atoms with Gasteiger partial charge in [0.05, 0.1) is 5.69 Å². The topological polar surface area (TPSA) is 101 Å². The van der Waals surface area contributed by atoms with Crippen molar-refractivity contribution in [3.63, 3.8) is 0 Å². The summed E-state index contributed by atoms with van der Waals surface area (Å²) in [6.07, 6.45) is 6.59. The van der Waals surface area contributed by atoms with Gasteiger partial charge in [-0.25, -0.2) is 4.79 Å². The summed E-state index contributed by atoms with van der Waals surface area (Å²) in [5, 5.41) is 13.9. The number of hydrogen-bond donors (Lipinski definition) is 2. The summed E-state index contributed by atoms with van der Waals surface area (Å²) >= 11 is 0. The molecular weight excluding hydrogens is 382 g/mol. The van der Waals surface area contributed by atoms with E-state index >= 15 is 0 Å². The van der Waals surface area contributed by atoms with E-state index in [2.05, 4.69) is 28.5 Å². The predicted octanol–water partition coefficient (Wildman–Crippen LogP) is 4.30. The molecule has 1 saturated carbocycles. The number of hydrogen-bond acceptors (Lipinski definition) is 6. The molecule has 0 aliphatic heterocycles. The molecule has 0 spiro atoms. The van der Waals surface area contributed by atoms with Crippen LogP contribution in [0.25, 0.3) is 0 Å². The summed E-state index contributed by atoms with van der Waals surface area (Å²) < 4.78 is 10.2. The normalized spacial score (nSPS) is 14.7. The molecule has 2 N–H and O–H groups in total. The smallest absolute Gasteiger partial charge is 0.439 e. The standard InChI is InChI=1S/C23H27N3O4/c1-14-10-18(29-13-21-25-23(28)30-26-21)11-15(2)19(14)12-17-8-9-20(27)22(24-17)16-6-4-3-5-7-16/h8-11,16,27H,3-7,12-13H2,1-2H3,(H,25,26,28). The largest absolute Gasteiger partial charge is 0.506 e. The Morgan fingerprint density at radius 2 is 1.90 bits per heavy atom. The number of aryl methyl sites for hydroxylation is 2. The van der Waals surface area contributed by atoms with Gasteiger partial charge >= 0.3 is 5.76 Å². The van der Waals surface area contributed by atoms with Gasteiger partial charge in [0.1, 0.15) is 18.1 Å². The molecule has 1 aliphatic rings. The molecule has 0 bridgehead atoms. The number of benzene rings is 1. The van der Waals surface area contributed by atoms with Gasteiger partial charge in [-0.1, -0.05) is 24.4 Å². The maximum absolute atomic E-state index is 11.0. The lowest BCUT2D eigenvalue weighted by atomic mass is 9.86. The van der Waals surface area contributed by atoms with E-state index in [-0.39, 0.29) is 6.61 Å². The van der Waals surface area contributed by atoms with Crippen molar-refractivity contribution >= 4 is 0 Å². The molecule has 0 unspecified atom stereocenters. The average Bonchev–Trinajstić information content (AvgIpc) is 3.16. The zero-order valence-corrected chi connectivity index (χ0v) is 17.4. The van der Waals surface area contributed by atoms with E-state index in [1.807, 2.05) is 18.2 Å². The number of aromatic hydroxyl groups is 1. The van der Waals surface area contributed by atoms with E-state index in [0.717, 1.165) is 35.4 Å². The molecule has 0 amide bonds. The third-order valence-corrected chi connectivity index (χ3v) is 5.84. The molecule has 0 atom stereocenters. The maximum atomic E-state index is 11.0. The van der Waals surface area contributed by atoms with Crippen molar-refractivity contribution in [2.24, 2.45) is 0 Å². The fourth-order valence-corrected chi connectivity index (χ4v) is 4.26. The Hall–Kier alpha value is -3.09. The molecule has 1 fully saturated rings. The van der Waals surface area contributed by atoms with Gasteiger partial charge in [0.2, 0.25) is 0 Å². The Bertz CT molecular complexity index is 1060. The SMILES string of the molecule is Cc1cc(OCc2noc(=O)[nH]2)cc(C)c1Cc1ccc(O)c(C2CCCCC2)n1. The van der Waals surface area contributed by atoms with Gasteiger partial charge in [0, 0.05) is 18.0 Å². The van der Waals surface area contributed by atoms with Crippen LogP contribution < -0.4 is 10.5 Å². The highest BCUT2D eigenvalue weighted by atomic mass is 16.5. The van der Waals surface area contributed by atoms with Gasteiger partial charge < -0.3 is 9.84 Å². The van der Waals surface area contributed by atoms with Crippen LogP contribution in [0.5, 0.6) is 11.5 Å². The predicted molar refractivity (Wildman–Crippen MR) is 112 cm³/mol. The van der Waals surface area contributed by atoms with Gasteiger partial charge in [-0.15, -0.1) is 0 Å². The van der Waals surface area contributed by atoms with Gasteiger partial charge in [-0.05, 0) is 67.6 Å². The molecule has 30 heavy (non-hydrogen) atoms. The summed E-state index contributed by atoms with van der Waals surface area (Å²) in [6.45, 7) is 4.24. The minimum atomic E-state index is -0.592. The van der Waals surface area contributed by atoms with Crippen molar-refractivity contribution in [2.75, 3.05) is 0 Å². The van der Waals surface area contributed by atoms with E-state index in [4.69, 9.17) is 9.72 Å². The number of nitrogens with zero attached hydrogens (tertiary/aromatic N) is 2. The van der Waals surface area contributed by atoms with Crippen LogP contribution in [-0.4, -0.2) is 20.2 Å². The van der Waals surface area contributed by atoms with E-state index < -0.39 is 5.76 Å². The Balaban J connectivity index is 1.51. The summed E-state index contributed by atoms with van der Waals surface area (Å²) in [6, 6.07) is 7.64. The number of ether oxygens (including phenoxy) is 1. The highest BCUT2D eigenvalue weighted by Gasteiger charge is 2.21. The number of rotatable bonds is 6. The molecular formula is C23H27N3O4. The molecule has 7 nitrogen and oxygen atoms in total. The highest BCUT2D eigenvalue weighted by Crippen LogP contribution is 2.36. The summed E-state index contributed by atoms with van der Waals surface area (Å²) in [5.74, 6) is 1.14. The summed E-state index contributed by atoms with van der Waals surface area (Å²) in [5.41, 5.74) is 5.22. The molecule has 7 heteroatoms. The molecule has 1 aliphatic carbocycles. The molecule has 0 saturated heterocycles. The molecule has 2 aromatic heterocycles. The van der Waals surface area contributed by atoms with Crippen LogP contribution in [0.1, 0.15) is 71.9 Å². The van der Waals surface area contributed by atoms with Gasteiger partial charge in [-0.3, -0.25) is 14.5 Å². The Labute approximate surface area is 175 Å². The van der Waals surface area contributed by atoms with E-state index in [9.17, 15) is 9.90 Å². The van der Waals surface area contributed by atoms with Crippen LogP contribution in [0.4, 0.5) is 0 Å². The molecule has 3 aromatic rings. The first-order valence-corrected chi connectivity index (χ1v) is 10.5. The fraction of sp³-hybridized carbons (Fsp3) is 0.435. The van der Waals surface area contributed by atoms with Crippen molar-refractivity contribution in [3.8, 4) is 11.5 Å². The monoisotopic (exact) mass is 409 g/mol. The second-order valence-corrected chi connectivity index (χ2v) is 8.08. The Morgan fingerprint density at radius 3 is 2.57 bits per heavy atom. The van der Waals surface area contributed by atoms with Crippen LogP contribution in [0.2, 0.25) is 0 Å². The van der Waals surface area contributed by atoms with Crippen molar-refractivity contribution in [1.82, 2.24) is 15.1 Å². The minimum absolute atomic E-state index is 0.133. The third-order valence-electron chi connectivity index (χ3n) is 5.84. The van der Waals surface area contributed by atoms with Gasteiger partial charge in [0.25, 0.3) is 0 Å². The Morgan fingerprint density at radius 1 is 1.17 bits per heavy atom. The molecule has 1 aromatic carbocycles. The zero-order chi connectivity index (χ0) is 21.1. The molecule has 0 radical (unpaired) electrons. The van der Waals surface area contributed by atoms with Crippen LogP contribution in [0.3, 0.4) is 0 Å². The van der Waals surface area contributed by atoms with Gasteiger partial charge in [-0.2, -0.15) is 0 Å². The van der Waals surface area contributed by atoms with Crippen molar-refractivity contribution in [1.29, 1.82) is 0 Å². The molecule has 158 valence electrons.